The molecule has 1 aromatic heterocycles. The van der Waals surface area contributed by atoms with Gasteiger partial charge in [-0.2, -0.15) is 11.3 Å². The average molecular weight is 225 g/mol. The first-order chi connectivity index (χ1) is 7.22. The van der Waals surface area contributed by atoms with Crippen LogP contribution in [0.1, 0.15) is 22.3 Å². The van der Waals surface area contributed by atoms with Crippen LogP contribution < -0.4 is 0 Å². The minimum Gasteiger partial charge on any atom is -0.396 e. The zero-order chi connectivity index (χ0) is 10.8. The average Bonchev–Trinajstić information content (AvgIpc) is 2.84. The van der Waals surface area contributed by atoms with Crippen LogP contribution in [-0.4, -0.2) is 35.6 Å². The summed E-state index contributed by atoms with van der Waals surface area (Å²) >= 11 is 1.56. The van der Waals surface area contributed by atoms with E-state index in [1.165, 1.54) is 0 Å². The number of hydrogen-bond acceptors (Lipinski definition) is 3. The fraction of sp³-hybridized carbons (Fsp3) is 0.545. The zero-order valence-electron chi connectivity index (χ0n) is 8.77. The number of carbonyl (C=O) groups is 1. The fourth-order valence-electron chi connectivity index (χ4n) is 1.92. The van der Waals surface area contributed by atoms with Crippen molar-refractivity contribution < 1.29 is 9.90 Å². The van der Waals surface area contributed by atoms with E-state index in [0.29, 0.717) is 6.54 Å². The summed E-state index contributed by atoms with van der Waals surface area (Å²) in [4.78, 5) is 13.9. The number of amides is 1. The van der Waals surface area contributed by atoms with Crippen LogP contribution in [-0.2, 0) is 0 Å². The summed E-state index contributed by atoms with van der Waals surface area (Å²) in [5.74, 6) is 0.387. The molecule has 1 saturated heterocycles. The second-order valence-corrected chi connectivity index (χ2v) is 4.80. The van der Waals surface area contributed by atoms with E-state index < -0.39 is 0 Å². The number of hydrogen-bond donors (Lipinski definition) is 1. The number of nitrogens with zero attached hydrogens (tertiary/aromatic N) is 1. The van der Waals surface area contributed by atoms with Crippen molar-refractivity contribution in [1.29, 1.82) is 0 Å². The van der Waals surface area contributed by atoms with Crippen LogP contribution in [0, 0.1) is 12.8 Å². The number of rotatable bonds is 2. The molecular formula is C11H15NO2S. The van der Waals surface area contributed by atoms with Crippen molar-refractivity contribution in [3.8, 4) is 0 Å². The smallest absolute Gasteiger partial charge is 0.254 e. The molecule has 1 amide bonds. The Morgan fingerprint density at radius 3 is 3.00 bits per heavy atom. The lowest BCUT2D eigenvalue weighted by Gasteiger charge is -2.15. The molecule has 1 fully saturated rings. The third kappa shape index (κ3) is 2.06. The molecule has 1 aliphatic rings. The highest BCUT2D eigenvalue weighted by Crippen LogP contribution is 2.21. The van der Waals surface area contributed by atoms with Gasteiger partial charge in [-0.15, -0.1) is 0 Å². The summed E-state index contributed by atoms with van der Waals surface area (Å²) < 4.78 is 0. The van der Waals surface area contributed by atoms with Crippen LogP contribution in [0.25, 0.3) is 0 Å². The lowest BCUT2D eigenvalue weighted by molar-refractivity contribution is 0.0782. The fourth-order valence-corrected chi connectivity index (χ4v) is 2.74. The predicted molar refractivity (Wildman–Crippen MR) is 60.2 cm³/mol. The molecule has 0 aromatic carbocycles. The number of thiophene rings is 1. The molecule has 0 spiro atoms. The number of likely N-dealkylation sites (tertiary alicyclic amines) is 1. The lowest BCUT2D eigenvalue weighted by Crippen LogP contribution is -2.29. The van der Waals surface area contributed by atoms with Crippen molar-refractivity contribution in [2.45, 2.75) is 13.3 Å². The van der Waals surface area contributed by atoms with E-state index in [4.69, 9.17) is 5.11 Å². The molecule has 1 N–H and O–H groups in total. The van der Waals surface area contributed by atoms with Crippen LogP contribution in [0.5, 0.6) is 0 Å². The standard InChI is InChI=1S/C11H15NO2S/c1-8-6-15-7-10(8)11(14)12-3-2-9(4-12)5-13/h6-7,9,13H,2-5H2,1H3. The molecule has 1 aromatic rings. The Hall–Kier alpha value is -0.870. The predicted octanol–water partition coefficient (Wildman–Crippen LogP) is 1.51. The molecule has 82 valence electrons. The van der Waals surface area contributed by atoms with Crippen LogP contribution >= 0.6 is 11.3 Å². The molecule has 1 aliphatic heterocycles. The van der Waals surface area contributed by atoms with Gasteiger partial charge in [0.1, 0.15) is 0 Å². The Morgan fingerprint density at radius 1 is 1.67 bits per heavy atom. The maximum atomic E-state index is 12.0. The van der Waals surface area contributed by atoms with Crippen LogP contribution in [0.2, 0.25) is 0 Å². The maximum Gasteiger partial charge on any atom is 0.254 e. The van der Waals surface area contributed by atoms with Crippen LogP contribution in [0.15, 0.2) is 10.8 Å². The Balaban J connectivity index is 2.07. The van der Waals surface area contributed by atoms with E-state index in [-0.39, 0.29) is 18.4 Å². The molecule has 1 atom stereocenters. The van der Waals surface area contributed by atoms with E-state index in [1.54, 1.807) is 11.3 Å². The molecule has 1 unspecified atom stereocenters. The second kappa shape index (κ2) is 4.33. The molecule has 0 saturated carbocycles. The highest BCUT2D eigenvalue weighted by Gasteiger charge is 2.27. The molecule has 2 heterocycles. The second-order valence-electron chi connectivity index (χ2n) is 4.06. The number of aryl methyl sites for hydroxylation is 1. The van der Waals surface area contributed by atoms with Crippen molar-refractivity contribution >= 4 is 17.2 Å². The minimum atomic E-state index is 0.115. The first kappa shape index (κ1) is 10.6. The monoisotopic (exact) mass is 225 g/mol. The molecule has 2 rings (SSSR count). The summed E-state index contributed by atoms with van der Waals surface area (Å²) in [5.41, 5.74) is 1.87. The van der Waals surface area contributed by atoms with Gasteiger partial charge in [-0.05, 0) is 24.3 Å². The molecular weight excluding hydrogens is 210 g/mol. The van der Waals surface area contributed by atoms with Gasteiger partial charge in [0, 0.05) is 31.0 Å². The molecule has 15 heavy (non-hydrogen) atoms. The zero-order valence-corrected chi connectivity index (χ0v) is 9.59. The SMILES string of the molecule is Cc1cscc1C(=O)N1CCC(CO)C1. The summed E-state index contributed by atoms with van der Waals surface area (Å²) in [6.07, 6.45) is 0.922. The molecule has 4 heteroatoms. The highest BCUT2D eigenvalue weighted by atomic mass is 32.1. The van der Waals surface area contributed by atoms with Crippen LogP contribution in [0.3, 0.4) is 0 Å². The Labute approximate surface area is 93.3 Å². The minimum absolute atomic E-state index is 0.115. The molecule has 0 radical (unpaired) electrons. The Kier molecular flexibility index (Phi) is 3.07. The quantitative estimate of drug-likeness (QED) is 0.829. The van der Waals surface area contributed by atoms with E-state index in [1.807, 2.05) is 22.6 Å². The summed E-state index contributed by atoms with van der Waals surface area (Å²) in [5, 5.41) is 12.9. The maximum absolute atomic E-state index is 12.0. The molecule has 3 nitrogen and oxygen atoms in total. The first-order valence-corrected chi connectivity index (χ1v) is 6.09. The van der Waals surface area contributed by atoms with E-state index >= 15 is 0 Å². The third-order valence-corrected chi connectivity index (χ3v) is 3.78. The van der Waals surface area contributed by atoms with Gasteiger partial charge in [0.05, 0.1) is 5.56 Å². The lowest BCUT2D eigenvalue weighted by atomic mass is 10.1. The molecule has 0 bridgehead atoms. The Bertz CT molecular complexity index is 361. The van der Waals surface area contributed by atoms with Gasteiger partial charge in [-0.1, -0.05) is 0 Å². The van der Waals surface area contributed by atoms with E-state index in [0.717, 1.165) is 24.1 Å². The summed E-state index contributed by atoms with van der Waals surface area (Å²) in [7, 11) is 0. The highest BCUT2D eigenvalue weighted by molar-refractivity contribution is 7.08. The Morgan fingerprint density at radius 2 is 2.47 bits per heavy atom. The van der Waals surface area contributed by atoms with Crippen molar-refractivity contribution in [2.24, 2.45) is 5.92 Å². The van der Waals surface area contributed by atoms with Crippen molar-refractivity contribution in [3.05, 3.63) is 21.9 Å². The summed E-state index contributed by atoms with van der Waals surface area (Å²) in [6, 6.07) is 0. The van der Waals surface area contributed by atoms with Gasteiger partial charge in [-0.25, -0.2) is 0 Å². The topological polar surface area (TPSA) is 40.5 Å². The van der Waals surface area contributed by atoms with Gasteiger partial charge < -0.3 is 10.0 Å². The molecule has 0 aliphatic carbocycles. The van der Waals surface area contributed by atoms with Crippen molar-refractivity contribution in [3.63, 3.8) is 0 Å². The van der Waals surface area contributed by atoms with Crippen molar-refractivity contribution in [1.82, 2.24) is 4.90 Å². The van der Waals surface area contributed by atoms with E-state index in [2.05, 4.69) is 0 Å². The van der Waals surface area contributed by atoms with E-state index in [9.17, 15) is 4.79 Å². The summed E-state index contributed by atoms with van der Waals surface area (Å²) in [6.45, 7) is 3.62. The van der Waals surface area contributed by atoms with Gasteiger partial charge >= 0.3 is 0 Å². The van der Waals surface area contributed by atoms with Gasteiger partial charge in [0.15, 0.2) is 0 Å². The van der Waals surface area contributed by atoms with Gasteiger partial charge in [-0.3, -0.25) is 4.79 Å². The number of aliphatic hydroxyl groups is 1. The number of carbonyl (C=O) groups excluding carboxylic acids is 1. The van der Waals surface area contributed by atoms with Crippen LogP contribution in [0.4, 0.5) is 0 Å². The third-order valence-electron chi connectivity index (χ3n) is 2.92. The normalized spacial score (nSPS) is 20.9. The number of aliphatic hydroxyl groups excluding tert-OH is 1. The van der Waals surface area contributed by atoms with Crippen molar-refractivity contribution in [2.75, 3.05) is 19.7 Å². The first-order valence-electron chi connectivity index (χ1n) is 5.15. The van der Waals surface area contributed by atoms with Gasteiger partial charge in [0.25, 0.3) is 5.91 Å². The van der Waals surface area contributed by atoms with Gasteiger partial charge in [0.2, 0.25) is 0 Å². The largest absolute Gasteiger partial charge is 0.396 e.